The second kappa shape index (κ2) is 10.9. The largest absolute Gasteiger partial charge is 0.357 e. The summed E-state index contributed by atoms with van der Waals surface area (Å²) in [6.45, 7) is 14.0. The summed E-state index contributed by atoms with van der Waals surface area (Å²) in [6.07, 6.45) is 13.6. The molecule has 1 atom stereocenters. The molecular formula is C43H44BN3. The van der Waals surface area contributed by atoms with Crippen molar-refractivity contribution in [1.29, 1.82) is 0 Å². The minimum absolute atomic E-state index is 0.0588. The number of hydrogen-bond acceptors (Lipinski definition) is 3. The van der Waals surface area contributed by atoms with Gasteiger partial charge in [0.1, 0.15) is 0 Å². The molecule has 47 heavy (non-hydrogen) atoms. The van der Waals surface area contributed by atoms with Crippen molar-refractivity contribution in [3.63, 3.8) is 0 Å². The van der Waals surface area contributed by atoms with Gasteiger partial charge in [-0.2, -0.15) is 0 Å². The van der Waals surface area contributed by atoms with Gasteiger partial charge in [-0.1, -0.05) is 119 Å². The quantitative estimate of drug-likeness (QED) is 0.231. The maximum absolute atomic E-state index is 3.83. The average molecular weight is 614 g/mol. The number of nitrogens with zero attached hydrogens (tertiary/aromatic N) is 2. The van der Waals surface area contributed by atoms with Gasteiger partial charge in [-0.3, -0.25) is 0 Å². The number of aryl methyl sites for hydroxylation is 1. The molecule has 3 nitrogen and oxygen atoms in total. The van der Waals surface area contributed by atoms with E-state index < -0.39 is 0 Å². The van der Waals surface area contributed by atoms with Crippen LogP contribution in [0, 0.1) is 12.3 Å². The fourth-order valence-electron chi connectivity index (χ4n) is 8.05. The van der Waals surface area contributed by atoms with E-state index in [0.29, 0.717) is 0 Å². The van der Waals surface area contributed by atoms with Gasteiger partial charge in [0.05, 0.1) is 6.04 Å². The highest BCUT2D eigenvalue weighted by atomic mass is 15.2. The average Bonchev–Trinajstić information content (AvgIpc) is 3.06. The van der Waals surface area contributed by atoms with E-state index in [-0.39, 0.29) is 23.6 Å². The van der Waals surface area contributed by atoms with Gasteiger partial charge < -0.3 is 15.1 Å². The Morgan fingerprint density at radius 2 is 1.62 bits per heavy atom. The normalized spacial score (nSPS) is 19.0. The van der Waals surface area contributed by atoms with Crippen LogP contribution in [0.25, 0.3) is 0 Å². The first-order valence-corrected chi connectivity index (χ1v) is 17.2. The highest BCUT2D eigenvalue weighted by molar-refractivity contribution is 6.94. The predicted octanol–water partition coefficient (Wildman–Crippen LogP) is 9.61. The van der Waals surface area contributed by atoms with Gasteiger partial charge in [0.2, 0.25) is 0 Å². The van der Waals surface area contributed by atoms with Crippen molar-refractivity contribution in [2.24, 2.45) is 5.41 Å². The summed E-state index contributed by atoms with van der Waals surface area (Å²) in [4.78, 5) is 5.12. The fourth-order valence-corrected chi connectivity index (χ4v) is 8.05. The molecule has 0 bridgehead atoms. The molecule has 4 heteroatoms. The van der Waals surface area contributed by atoms with Crippen molar-refractivity contribution < 1.29 is 0 Å². The standard InChI is InChI=1S/C43H44BN3/c1-29-18-25-36-35(27-29)44-34-24-23-33(28-39(34)47(31-13-8-7-9-14-31)38-16-12-15-37(45-36)41(38)44)46(40-17-10-11-26-43(40,5)6)32-21-19-30(20-22-32)42(2,3)4/h7-11,13-15,17-28,40,45H,12,16H2,1-6H3. The van der Waals surface area contributed by atoms with Crippen LogP contribution < -0.4 is 26.0 Å². The van der Waals surface area contributed by atoms with E-state index in [9.17, 15) is 0 Å². The third-order valence-electron chi connectivity index (χ3n) is 10.5. The van der Waals surface area contributed by atoms with Crippen LogP contribution in [-0.2, 0) is 5.41 Å². The Morgan fingerprint density at radius 3 is 2.36 bits per heavy atom. The van der Waals surface area contributed by atoms with Gasteiger partial charge in [-0.15, -0.1) is 0 Å². The lowest BCUT2D eigenvalue weighted by Gasteiger charge is -2.45. The lowest BCUT2D eigenvalue weighted by Crippen LogP contribution is -2.55. The maximum atomic E-state index is 3.83. The molecule has 0 spiro atoms. The van der Waals surface area contributed by atoms with Gasteiger partial charge in [-0.25, -0.2) is 0 Å². The zero-order valence-electron chi connectivity index (χ0n) is 28.5. The van der Waals surface area contributed by atoms with E-state index in [1.165, 1.54) is 67.4 Å². The van der Waals surface area contributed by atoms with Gasteiger partial charge in [0.25, 0.3) is 6.71 Å². The molecule has 0 amide bonds. The third kappa shape index (κ3) is 4.97. The Labute approximate surface area is 281 Å². The van der Waals surface area contributed by atoms with Crippen LogP contribution in [0.4, 0.5) is 28.4 Å². The van der Waals surface area contributed by atoms with Crippen LogP contribution in [0.15, 0.2) is 138 Å². The molecule has 1 N–H and O–H groups in total. The van der Waals surface area contributed by atoms with E-state index in [1.54, 1.807) is 0 Å². The van der Waals surface area contributed by atoms with E-state index in [4.69, 9.17) is 0 Å². The Hall–Kier alpha value is -4.70. The van der Waals surface area contributed by atoms with Gasteiger partial charge >= 0.3 is 0 Å². The molecule has 0 saturated carbocycles. The molecule has 0 aromatic heterocycles. The molecule has 8 rings (SSSR count). The zero-order chi connectivity index (χ0) is 32.5. The summed E-state index contributed by atoms with van der Waals surface area (Å²) >= 11 is 0. The van der Waals surface area contributed by atoms with Crippen LogP contribution in [-0.4, -0.2) is 12.8 Å². The van der Waals surface area contributed by atoms with Crippen LogP contribution >= 0.6 is 0 Å². The maximum Gasteiger partial charge on any atom is 0.251 e. The van der Waals surface area contributed by atoms with Crippen molar-refractivity contribution in [2.45, 2.75) is 65.8 Å². The van der Waals surface area contributed by atoms with E-state index >= 15 is 0 Å². The first-order valence-electron chi connectivity index (χ1n) is 17.2. The number of benzene rings is 4. The number of para-hydroxylation sites is 1. The minimum Gasteiger partial charge on any atom is -0.357 e. The lowest BCUT2D eigenvalue weighted by molar-refractivity contribution is 0.415. The van der Waals surface area contributed by atoms with Crippen LogP contribution in [0.2, 0.25) is 0 Å². The molecule has 0 fully saturated rings. The second-order valence-corrected chi connectivity index (χ2v) is 15.3. The molecule has 2 aliphatic carbocycles. The molecule has 4 aromatic carbocycles. The number of fused-ring (bicyclic) bond motifs is 4. The van der Waals surface area contributed by atoms with Gasteiger partial charge in [0.15, 0.2) is 0 Å². The summed E-state index contributed by atoms with van der Waals surface area (Å²) in [6, 6.07) is 34.5. The molecular weight excluding hydrogens is 569 g/mol. The smallest absolute Gasteiger partial charge is 0.251 e. The number of allylic oxidation sites excluding steroid dienone is 5. The summed E-state index contributed by atoms with van der Waals surface area (Å²) in [5.74, 6) is 0. The summed E-state index contributed by atoms with van der Waals surface area (Å²) in [5, 5.41) is 3.83. The number of hydrogen-bond donors (Lipinski definition) is 1. The number of rotatable bonds is 4. The fraction of sp³-hybridized carbons (Fsp3) is 0.256. The molecule has 2 aliphatic heterocycles. The highest BCUT2D eigenvalue weighted by Crippen LogP contribution is 2.46. The molecule has 0 saturated heterocycles. The van der Waals surface area contributed by atoms with E-state index in [0.717, 1.165) is 12.8 Å². The van der Waals surface area contributed by atoms with E-state index in [1.807, 2.05) is 0 Å². The summed E-state index contributed by atoms with van der Waals surface area (Å²) in [7, 11) is 0. The van der Waals surface area contributed by atoms with Crippen molar-refractivity contribution in [2.75, 3.05) is 15.1 Å². The van der Waals surface area contributed by atoms with Crippen molar-refractivity contribution >= 4 is 46.1 Å². The minimum atomic E-state index is -0.0588. The Bertz CT molecular complexity index is 1990. The Balaban J connectivity index is 1.36. The first-order chi connectivity index (χ1) is 22.6. The molecule has 2 heterocycles. The van der Waals surface area contributed by atoms with Gasteiger partial charge in [0, 0.05) is 45.2 Å². The molecule has 234 valence electrons. The van der Waals surface area contributed by atoms with E-state index in [2.05, 4.69) is 178 Å². The molecule has 4 aliphatic rings. The SMILES string of the molecule is Cc1ccc2c(c1)B1C3=C(CCC=C3N2)N(c2ccccc2)c2cc(N(c3ccc(C(C)(C)C)cc3)C3C=CC=CC3(C)C)ccc21. The molecule has 0 radical (unpaired) electrons. The Kier molecular flexibility index (Phi) is 6.91. The number of anilines is 5. The van der Waals surface area contributed by atoms with Crippen LogP contribution in [0.1, 0.15) is 58.6 Å². The molecule has 4 aromatic rings. The van der Waals surface area contributed by atoms with Crippen LogP contribution in [0.3, 0.4) is 0 Å². The monoisotopic (exact) mass is 613 g/mol. The second-order valence-electron chi connectivity index (χ2n) is 15.3. The van der Waals surface area contributed by atoms with Crippen molar-refractivity contribution in [1.82, 2.24) is 0 Å². The topological polar surface area (TPSA) is 18.5 Å². The number of nitrogens with one attached hydrogen (secondary N) is 1. The van der Waals surface area contributed by atoms with Crippen LogP contribution in [0.5, 0.6) is 0 Å². The Morgan fingerprint density at radius 1 is 0.851 bits per heavy atom. The van der Waals surface area contributed by atoms with Gasteiger partial charge in [-0.05, 0) is 89.6 Å². The zero-order valence-corrected chi connectivity index (χ0v) is 28.5. The summed E-state index contributed by atoms with van der Waals surface area (Å²) in [5.41, 5.74) is 15.6. The highest BCUT2D eigenvalue weighted by Gasteiger charge is 2.43. The lowest BCUT2D eigenvalue weighted by atomic mass is 9.32. The third-order valence-corrected chi connectivity index (χ3v) is 10.5. The molecule has 1 unspecified atom stereocenters. The predicted molar refractivity (Wildman–Crippen MR) is 202 cm³/mol. The first kappa shape index (κ1) is 29.7. The van der Waals surface area contributed by atoms with Crippen molar-refractivity contribution in [3.8, 4) is 0 Å². The summed E-state index contributed by atoms with van der Waals surface area (Å²) < 4.78 is 0. The van der Waals surface area contributed by atoms with Crippen molar-refractivity contribution in [3.05, 3.63) is 149 Å².